The van der Waals surface area contributed by atoms with E-state index in [1.807, 2.05) is 23.1 Å². The number of nitrogens with zero attached hydrogens (tertiary/aromatic N) is 7. The van der Waals surface area contributed by atoms with Crippen LogP contribution in [0.1, 0.15) is 70.7 Å². The number of imide groups is 2. The number of hydrogen-bond donors (Lipinski definition) is 4. The van der Waals surface area contributed by atoms with Gasteiger partial charge in [0.15, 0.2) is 11.6 Å². The van der Waals surface area contributed by atoms with Crippen molar-refractivity contribution >= 4 is 59.0 Å². The Hall–Kier alpha value is -5.48. The number of fused-ring (bicyclic) bond motifs is 1. The Labute approximate surface area is 305 Å². The van der Waals surface area contributed by atoms with Gasteiger partial charge >= 0.3 is 0 Å². The van der Waals surface area contributed by atoms with Crippen LogP contribution < -0.4 is 25.8 Å². The largest absolute Gasteiger partial charge is 0.391 e. The molecule has 5 aliphatic heterocycles. The number of aromatic nitrogens is 3. The maximum Gasteiger partial charge on any atom is 0.262 e. The lowest BCUT2D eigenvalue weighted by Crippen LogP contribution is -2.54. The number of β-amino-alcohol motifs (C(OH)–C–C–N with tert-alkyl or cyclic N) is 1. The Bertz CT molecular complexity index is 1930. The van der Waals surface area contributed by atoms with Gasteiger partial charge in [-0.3, -0.25) is 34.2 Å². The number of aliphatic hydroxyl groups is 1. The van der Waals surface area contributed by atoms with Crippen molar-refractivity contribution in [1.82, 2.24) is 30.3 Å². The minimum Gasteiger partial charge on any atom is -0.391 e. The van der Waals surface area contributed by atoms with Crippen molar-refractivity contribution in [2.24, 2.45) is 5.92 Å². The van der Waals surface area contributed by atoms with Gasteiger partial charge in [-0.2, -0.15) is 4.98 Å². The summed E-state index contributed by atoms with van der Waals surface area (Å²) in [6.45, 7) is 5.81. The molecule has 2 aromatic carbocycles. The number of carbonyl (C=O) groups excluding carboxylic acids is 5. The van der Waals surface area contributed by atoms with E-state index >= 15 is 0 Å². The molecule has 3 atom stereocenters. The molecule has 0 spiro atoms. The van der Waals surface area contributed by atoms with Gasteiger partial charge in [-0.15, -0.1) is 10.2 Å². The van der Waals surface area contributed by atoms with Gasteiger partial charge in [0.25, 0.3) is 11.8 Å². The highest BCUT2D eigenvalue weighted by molar-refractivity contribution is 6.23. The molecular weight excluding hydrogens is 680 g/mol. The van der Waals surface area contributed by atoms with Gasteiger partial charge in [0, 0.05) is 50.5 Å². The molecule has 8 rings (SSSR count). The van der Waals surface area contributed by atoms with Gasteiger partial charge in [0.1, 0.15) is 6.04 Å². The number of benzene rings is 2. The van der Waals surface area contributed by atoms with Crippen molar-refractivity contribution in [1.29, 1.82) is 0 Å². The number of anilines is 5. The zero-order chi connectivity index (χ0) is 36.6. The first-order valence-electron chi connectivity index (χ1n) is 18.3. The number of aliphatic hydroxyl groups excluding tert-OH is 1. The van der Waals surface area contributed by atoms with E-state index in [9.17, 15) is 29.1 Å². The first kappa shape index (κ1) is 34.6. The summed E-state index contributed by atoms with van der Waals surface area (Å²) in [6, 6.07) is 12.7. The molecule has 4 fully saturated rings. The number of amides is 5. The molecule has 2 unspecified atom stereocenters. The Morgan fingerprint density at radius 3 is 2.34 bits per heavy atom. The van der Waals surface area contributed by atoms with Crippen molar-refractivity contribution in [3.05, 3.63) is 59.2 Å². The van der Waals surface area contributed by atoms with E-state index in [4.69, 9.17) is 0 Å². The highest BCUT2D eigenvalue weighted by atomic mass is 16.3. The van der Waals surface area contributed by atoms with E-state index in [-0.39, 0.29) is 18.7 Å². The second-order valence-corrected chi connectivity index (χ2v) is 14.6. The zero-order valence-electron chi connectivity index (χ0n) is 29.2. The Balaban J connectivity index is 0.833. The topological polar surface area (TPSA) is 193 Å². The molecule has 276 valence electrons. The van der Waals surface area contributed by atoms with Crippen LogP contribution >= 0.6 is 0 Å². The summed E-state index contributed by atoms with van der Waals surface area (Å²) in [5.74, 6) is -0.0378. The standard InChI is InChI=1S/C37H42N10O6/c48-21-38-32-33(41-37(43-42-32)46-16-12-27(49)20-46)39-25-3-1-23(2-4-25)24-10-13-44(14-11-24)18-22-9-15-45(19-22)26-5-6-28-29(17-26)36(53)47(35(28)52)30-7-8-31(50)40-34(30)51/h1-6,17,21-22,24,27,30,49H,7-16,18-20H2,(H,38,42,48)(H,39,41,43)(H,40,50,51)/t22?,27-,30?/m1/s1. The summed E-state index contributed by atoms with van der Waals surface area (Å²) >= 11 is 0. The molecule has 16 heteroatoms. The molecule has 0 saturated carbocycles. The van der Waals surface area contributed by atoms with Crippen molar-refractivity contribution in [2.45, 2.75) is 56.6 Å². The fourth-order valence-electron chi connectivity index (χ4n) is 8.28. The van der Waals surface area contributed by atoms with E-state index in [2.05, 4.69) is 53.1 Å². The summed E-state index contributed by atoms with van der Waals surface area (Å²) in [5, 5.41) is 26.2. The van der Waals surface area contributed by atoms with Crippen molar-refractivity contribution in [3.63, 3.8) is 0 Å². The predicted octanol–water partition coefficient (Wildman–Crippen LogP) is 1.86. The quantitative estimate of drug-likeness (QED) is 0.175. The number of carbonyl (C=O) groups is 5. The van der Waals surface area contributed by atoms with Gasteiger partial charge in [0.05, 0.1) is 17.2 Å². The highest BCUT2D eigenvalue weighted by Gasteiger charge is 2.45. The first-order chi connectivity index (χ1) is 25.7. The second-order valence-electron chi connectivity index (χ2n) is 14.6. The summed E-state index contributed by atoms with van der Waals surface area (Å²) < 4.78 is 0. The number of hydrogen-bond acceptors (Lipinski definition) is 13. The third-order valence-electron chi connectivity index (χ3n) is 11.1. The van der Waals surface area contributed by atoms with Crippen molar-refractivity contribution < 1.29 is 29.1 Å². The van der Waals surface area contributed by atoms with Crippen LogP contribution in [0.5, 0.6) is 0 Å². The first-order valence-corrected chi connectivity index (χ1v) is 18.3. The predicted molar refractivity (Wildman–Crippen MR) is 194 cm³/mol. The zero-order valence-corrected chi connectivity index (χ0v) is 29.2. The molecule has 5 amide bonds. The third kappa shape index (κ3) is 7.03. The van der Waals surface area contributed by atoms with Crippen LogP contribution in [-0.2, 0) is 14.4 Å². The van der Waals surface area contributed by atoms with Crippen molar-refractivity contribution in [3.8, 4) is 0 Å². The lowest BCUT2D eigenvalue weighted by Gasteiger charge is -2.34. The molecule has 0 aliphatic carbocycles. The summed E-state index contributed by atoms with van der Waals surface area (Å²) in [4.78, 5) is 73.9. The highest BCUT2D eigenvalue weighted by Crippen LogP contribution is 2.34. The normalized spacial score (nSPS) is 23.8. The second kappa shape index (κ2) is 14.5. The molecular formula is C37H42N10O6. The molecule has 0 bridgehead atoms. The van der Waals surface area contributed by atoms with Gasteiger partial charge in [-0.05, 0) is 92.9 Å². The molecule has 16 nitrogen and oxygen atoms in total. The lowest BCUT2D eigenvalue weighted by atomic mass is 9.89. The van der Waals surface area contributed by atoms with E-state index in [1.165, 1.54) is 5.56 Å². The SMILES string of the molecule is O=CNc1nnc(N2CC[C@@H](O)C2)nc1Nc1ccc(C2CCN(CC3CCN(c4ccc5c(c4)C(=O)N(C4CCC(=O)NC4=O)C5=O)C3)CC2)cc1. The number of nitrogens with one attached hydrogen (secondary N) is 3. The number of likely N-dealkylation sites (tertiary alicyclic amines) is 1. The number of rotatable bonds is 10. The Kier molecular flexibility index (Phi) is 9.47. The monoisotopic (exact) mass is 722 g/mol. The summed E-state index contributed by atoms with van der Waals surface area (Å²) in [5.41, 5.74) is 3.59. The Morgan fingerprint density at radius 1 is 0.830 bits per heavy atom. The molecule has 0 radical (unpaired) electrons. The fourth-order valence-corrected chi connectivity index (χ4v) is 8.28. The molecule has 6 heterocycles. The molecule has 1 aromatic heterocycles. The average molecular weight is 723 g/mol. The van der Waals surface area contributed by atoms with E-state index in [0.717, 1.165) is 68.3 Å². The average Bonchev–Trinajstić information content (AvgIpc) is 3.88. The minimum absolute atomic E-state index is 0.0920. The van der Waals surface area contributed by atoms with Crippen LogP contribution in [0, 0.1) is 5.92 Å². The minimum atomic E-state index is -0.972. The fraction of sp³-hybridized carbons (Fsp3) is 0.459. The van der Waals surface area contributed by atoms with Crippen molar-refractivity contribution in [2.75, 3.05) is 66.2 Å². The van der Waals surface area contributed by atoms with Crippen LogP contribution in [0.3, 0.4) is 0 Å². The summed E-state index contributed by atoms with van der Waals surface area (Å²) in [6.07, 6.45) is 4.13. The van der Waals surface area contributed by atoms with Crippen LogP contribution in [0.2, 0.25) is 0 Å². The van der Waals surface area contributed by atoms with Crippen LogP contribution in [0.4, 0.5) is 29.0 Å². The molecule has 5 aliphatic rings. The van der Waals surface area contributed by atoms with E-state index < -0.39 is 35.8 Å². The van der Waals surface area contributed by atoms with E-state index in [1.54, 1.807) is 12.1 Å². The van der Waals surface area contributed by atoms with Gasteiger partial charge < -0.3 is 30.4 Å². The number of piperidine rings is 2. The molecule has 3 aromatic rings. The van der Waals surface area contributed by atoms with E-state index in [0.29, 0.717) is 60.6 Å². The summed E-state index contributed by atoms with van der Waals surface area (Å²) in [7, 11) is 0. The van der Waals surface area contributed by atoms with Crippen LogP contribution in [0.15, 0.2) is 42.5 Å². The van der Waals surface area contributed by atoms with Gasteiger partial charge in [-0.25, -0.2) is 0 Å². The lowest BCUT2D eigenvalue weighted by molar-refractivity contribution is -0.136. The third-order valence-corrected chi connectivity index (χ3v) is 11.1. The maximum absolute atomic E-state index is 13.3. The van der Waals surface area contributed by atoms with Gasteiger partial charge in [-0.1, -0.05) is 12.1 Å². The van der Waals surface area contributed by atoms with Crippen LogP contribution in [-0.4, -0.2) is 118 Å². The molecule has 53 heavy (non-hydrogen) atoms. The maximum atomic E-state index is 13.3. The smallest absolute Gasteiger partial charge is 0.262 e. The van der Waals surface area contributed by atoms with Gasteiger partial charge in [0.2, 0.25) is 24.2 Å². The molecule has 4 N–H and O–H groups in total. The molecule has 4 saturated heterocycles. The Morgan fingerprint density at radius 2 is 1.60 bits per heavy atom. The van der Waals surface area contributed by atoms with Crippen LogP contribution in [0.25, 0.3) is 0 Å².